The second kappa shape index (κ2) is 6.12. The van der Waals surface area contributed by atoms with Gasteiger partial charge in [-0.15, -0.1) is 0 Å². The van der Waals surface area contributed by atoms with Crippen molar-refractivity contribution in [2.75, 3.05) is 4.61 Å². The van der Waals surface area contributed by atoms with E-state index >= 15 is 0 Å². The van der Waals surface area contributed by atoms with E-state index in [1.165, 1.54) is 0 Å². The summed E-state index contributed by atoms with van der Waals surface area (Å²) in [5.41, 5.74) is 2.19. The SMILES string of the molecule is C=Cc1cccc(OC(C)OCI)c1C. The average molecular weight is 318 g/mol. The van der Waals surface area contributed by atoms with Gasteiger partial charge in [0.25, 0.3) is 0 Å². The number of alkyl halides is 1. The van der Waals surface area contributed by atoms with Gasteiger partial charge < -0.3 is 9.47 Å². The largest absolute Gasteiger partial charge is 0.465 e. The second-order valence-electron chi connectivity index (χ2n) is 3.14. The molecule has 1 atom stereocenters. The molecule has 0 aliphatic carbocycles. The van der Waals surface area contributed by atoms with Crippen LogP contribution in [0.3, 0.4) is 0 Å². The van der Waals surface area contributed by atoms with Gasteiger partial charge in [0.2, 0.25) is 0 Å². The first-order valence-corrected chi connectivity index (χ1v) is 6.28. The van der Waals surface area contributed by atoms with Gasteiger partial charge in [0.15, 0.2) is 6.29 Å². The summed E-state index contributed by atoms with van der Waals surface area (Å²) in [6, 6.07) is 5.91. The molecular weight excluding hydrogens is 303 g/mol. The molecule has 0 aliphatic rings. The minimum Gasteiger partial charge on any atom is -0.465 e. The molecule has 0 aromatic heterocycles. The van der Waals surface area contributed by atoms with Gasteiger partial charge in [0.05, 0.1) is 0 Å². The average Bonchev–Trinajstić information content (AvgIpc) is 2.21. The lowest BCUT2D eigenvalue weighted by atomic mass is 10.1. The summed E-state index contributed by atoms with van der Waals surface area (Å²) in [5.74, 6) is 0.852. The van der Waals surface area contributed by atoms with Crippen molar-refractivity contribution in [2.45, 2.75) is 20.1 Å². The van der Waals surface area contributed by atoms with Crippen LogP contribution in [0.5, 0.6) is 5.75 Å². The van der Waals surface area contributed by atoms with Crippen molar-refractivity contribution in [1.82, 2.24) is 0 Å². The number of hydrogen-bond donors (Lipinski definition) is 0. The van der Waals surface area contributed by atoms with Crippen LogP contribution in [-0.2, 0) is 4.74 Å². The first kappa shape index (κ1) is 12.5. The van der Waals surface area contributed by atoms with Gasteiger partial charge >= 0.3 is 0 Å². The Morgan fingerprint density at radius 1 is 1.53 bits per heavy atom. The van der Waals surface area contributed by atoms with E-state index in [-0.39, 0.29) is 6.29 Å². The third-order valence-corrected chi connectivity index (χ3v) is 2.50. The van der Waals surface area contributed by atoms with E-state index in [4.69, 9.17) is 9.47 Å². The molecule has 2 nitrogen and oxygen atoms in total. The van der Waals surface area contributed by atoms with Crippen LogP contribution in [0, 0.1) is 6.92 Å². The standard InChI is InChI=1S/C12H15IO2/c1-4-11-6-5-7-12(9(11)2)15-10(3)14-8-13/h4-7,10H,1,8H2,2-3H3. The highest BCUT2D eigenvalue weighted by Crippen LogP contribution is 2.23. The molecule has 3 heteroatoms. The first-order chi connectivity index (χ1) is 7.19. The molecule has 0 spiro atoms. The zero-order valence-corrected chi connectivity index (χ0v) is 11.2. The van der Waals surface area contributed by atoms with Crippen LogP contribution in [0.15, 0.2) is 24.8 Å². The van der Waals surface area contributed by atoms with E-state index < -0.39 is 0 Å². The monoisotopic (exact) mass is 318 g/mol. The lowest BCUT2D eigenvalue weighted by molar-refractivity contribution is -0.0423. The van der Waals surface area contributed by atoms with Gasteiger partial charge in [-0.1, -0.05) is 47.4 Å². The Hall–Kier alpha value is -0.550. The Labute approximate surface area is 104 Å². The van der Waals surface area contributed by atoms with Crippen LogP contribution >= 0.6 is 22.6 Å². The molecule has 15 heavy (non-hydrogen) atoms. The van der Waals surface area contributed by atoms with Crippen LogP contribution in [0.4, 0.5) is 0 Å². The van der Waals surface area contributed by atoms with Gasteiger partial charge in [-0.2, -0.15) is 0 Å². The van der Waals surface area contributed by atoms with Crippen molar-refractivity contribution < 1.29 is 9.47 Å². The Balaban J connectivity index is 2.81. The van der Waals surface area contributed by atoms with Gasteiger partial charge in [-0.25, -0.2) is 0 Å². The third kappa shape index (κ3) is 3.50. The number of halogens is 1. The lowest BCUT2D eigenvalue weighted by Crippen LogP contribution is -2.15. The Morgan fingerprint density at radius 3 is 2.87 bits per heavy atom. The fourth-order valence-electron chi connectivity index (χ4n) is 1.28. The van der Waals surface area contributed by atoms with Gasteiger partial charge in [-0.3, -0.25) is 0 Å². The van der Waals surface area contributed by atoms with Crippen molar-refractivity contribution in [3.05, 3.63) is 35.9 Å². The molecule has 0 saturated carbocycles. The molecule has 1 aromatic carbocycles. The predicted octanol–water partition coefficient (Wildman–Crippen LogP) is 3.77. The Kier molecular flexibility index (Phi) is 5.11. The smallest absolute Gasteiger partial charge is 0.197 e. The molecule has 0 saturated heterocycles. The van der Waals surface area contributed by atoms with E-state index in [9.17, 15) is 0 Å². The molecule has 0 aliphatic heterocycles. The topological polar surface area (TPSA) is 18.5 Å². The number of rotatable bonds is 5. The normalized spacial score (nSPS) is 12.2. The van der Waals surface area contributed by atoms with E-state index in [0.717, 1.165) is 16.9 Å². The number of hydrogen-bond acceptors (Lipinski definition) is 2. The van der Waals surface area contributed by atoms with E-state index in [1.807, 2.05) is 38.1 Å². The maximum absolute atomic E-state index is 5.65. The summed E-state index contributed by atoms with van der Waals surface area (Å²) in [6.45, 7) is 7.66. The molecule has 0 bridgehead atoms. The first-order valence-electron chi connectivity index (χ1n) is 4.75. The minimum absolute atomic E-state index is 0.222. The zero-order chi connectivity index (χ0) is 11.3. The highest BCUT2D eigenvalue weighted by molar-refractivity contribution is 14.1. The summed E-state index contributed by atoms with van der Waals surface area (Å²) >= 11 is 2.15. The van der Waals surface area contributed by atoms with E-state index in [2.05, 4.69) is 29.2 Å². The van der Waals surface area contributed by atoms with Crippen LogP contribution < -0.4 is 4.74 Å². The van der Waals surface area contributed by atoms with Crippen LogP contribution in [-0.4, -0.2) is 10.9 Å². The Morgan fingerprint density at radius 2 is 2.27 bits per heavy atom. The minimum atomic E-state index is -0.222. The van der Waals surface area contributed by atoms with Gasteiger partial charge in [0, 0.05) is 0 Å². The summed E-state index contributed by atoms with van der Waals surface area (Å²) < 4.78 is 11.6. The second-order valence-corrected chi connectivity index (χ2v) is 3.76. The van der Waals surface area contributed by atoms with Gasteiger partial charge in [-0.05, 0) is 31.0 Å². The van der Waals surface area contributed by atoms with Crippen LogP contribution in [0.1, 0.15) is 18.1 Å². The summed E-state index contributed by atoms with van der Waals surface area (Å²) in [7, 11) is 0. The third-order valence-electron chi connectivity index (χ3n) is 2.14. The number of benzene rings is 1. The molecule has 1 aromatic rings. The zero-order valence-electron chi connectivity index (χ0n) is 9.00. The molecule has 1 rings (SSSR count). The number of ether oxygens (including phenoxy) is 2. The Bertz CT molecular complexity index is 336. The maximum Gasteiger partial charge on any atom is 0.197 e. The van der Waals surface area contributed by atoms with Crippen molar-refractivity contribution in [2.24, 2.45) is 0 Å². The highest BCUT2D eigenvalue weighted by atomic mass is 127. The summed E-state index contributed by atoms with van der Waals surface area (Å²) in [6.07, 6.45) is 1.60. The fourth-order valence-corrected chi connectivity index (χ4v) is 1.79. The van der Waals surface area contributed by atoms with Crippen LogP contribution in [0.25, 0.3) is 6.08 Å². The predicted molar refractivity (Wildman–Crippen MR) is 71.3 cm³/mol. The molecule has 0 amide bonds. The van der Waals surface area contributed by atoms with Crippen LogP contribution in [0.2, 0.25) is 0 Å². The van der Waals surface area contributed by atoms with Crippen molar-refractivity contribution in [3.63, 3.8) is 0 Å². The van der Waals surface area contributed by atoms with Crippen molar-refractivity contribution in [1.29, 1.82) is 0 Å². The quantitative estimate of drug-likeness (QED) is 0.467. The molecular formula is C12H15IO2. The summed E-state index contributed by atoms with van der Waals surface area (Å²) in [5, 5.41) is 0. The van der Waals surface area contributed by atoms with Crippen molar-refractivity contribution >= 4 is 28.7 Å². The molecule has 0 fully saturated rings. The molecule has 0 radical (unpaired) electrons. The molecule has 82 valence electrons. The lowest BCUT2D eigenvalue weighted by Gasteiger charge is -2.16. The summed E-state index contributed by atoms with van der Waals surface area (Å²) in [4.78, 5) is 0. The van der Waals surface area contributed by atoms with Gasteiger partial charge in [0.1, 0.15) is 10.4 Å². The molecule has 0 heterocycles. The molecule has 0 N–H and O–H groups in total. The maximum atomic E-state index is 5.65. The highest BCUT2D eigenvalue weighted by Gasteiger charge is 2.07. The van der Waals surface area contributed by atoms with E-state index in [1.54, 1.807) is 0 Å². The fraction of sp³-hybridized carbons (Fsp3) is 0.333. The molecule has 1 unspecified atom stereocenters. The van der Waals surface area contributed by atoms with Crippen molar-refractivity contribution in [3.8, 4) is 5.75 Å². The van der Waals surface area contributed by atoms with E-state index in [0.29, 0.717) is 4.61 Å².